The number of piperidine rings is 1. The van der Waals surface area contributed by atoms with E-state index in [4.69, 9.17) is 4.74 Å². The zero-order valence-electron chi connectivity index (χ0n) is 15.4. The minimum atomic E-state index is -0.521. The van der Waals surface area contributed by atoms with Crippen LogP contribution < -0.4 is 10.6 Å². The standard InChI is InChI=1S/C19H27N3O3.ClH/c1-13-9-14(2)12-22(11-13)19(24)15-5-3-4-6-16(15)21-18(23)17-10-20-7-8-25-17;/h3-6,13-14,17,20H,7-12H2,1-2H3,(H,21,23);1H. The highest BCUT2D eigenvalue weighted by molar-refractivity contribution is 6.04. The molecule has 2 fully saturated rings. The van der Waals surface area contributed by atoms with Crippen LogP contribution in [0.15, 0.2) is 24.3 Å². The second-order valence-electron chi connectivity index (χ2n) is 7.25. The Hall–Kier alpha value is -1.63. The van der Waals surface area contributed by atoms with E-state index in [1.807, 2.05) is 17.0 Å². The van der Waals surface area contributed by atoms with Gasteiger partial charge in [0.05, 0.1) is 17.9 Å². The number of hydrogen-bond donors (Lipinski definition) is 2. The van der Waals surface area contributed by atoms with Crippen molar-refractivity contribution in [3.8, 4) is 0 Å². The number of morpholine rings is 1. The molecule has 0 aromatic heterocycles. The molecule has 0 bridgehead atoms. The highest BCUT2D eigenvalue weighted by Gasteiger charge is 2.28. The van der Waals surface area contributed by atoms with Gasteiger partial charge in [-0.15, -0.1) is 12.4 Å². The van der Waals surface area contributed by atoms with Crippen molar-refractivity contribution in [3.05, 3.63) is 29.8 Å². The summed E-state index contributed by atoms with van der Waals surface area (Å²) in [7, 11) is 0. The second kappa shape index (κ2) is 9.35. The lowest BCUT2D eigenvalue weighted by atomic mass is 9.91. The van der Waals surface area contributed by atoms with Crippen LogP contribution in [0.1, 0.15) is 30.6 Å². The molecule has 3 unspecified atom stereocenters. The van der Waals surface area contributed by atoms with Crippen LogP contribution in [-0.2, 0) is 9.53 Å². The summed E-state index contributed by atoms with van der Waals surface area (Å²) in [6.07, 6.45) is 0.626. The number of benzene rings is 1. The van der Waals surface area contributed by atoms with Crippen molar-refractivity contribution in [2.24, 2.45) is 11.8 Å². The first kappa shape index (κ1) is 20.7. The van der Waals surface area contributed by atoms with Gasteiger partial charge in [-0.2, -0.15) is 0 Å². The number of ether oxygens (including phenoxy) is 1. The molecule has 6 nitrogen and oxygen atoms in total. The highest BCUT2D eigenvalue weighted by Crippen LogP contribution is 2.25. The molecule has 1 aromatic rings. The third kappa shape index (κ3) is 4.96. The van der Waals surface area contributed by atoms with Crippen molar-refractivity contribution in [1.82, 2.24) is 10.2 Å². The second-order valence-corrected chi connectivity index (χ2v) is 7.25. The molecule has 7 heteroatoms. The molecule has 3 rings (SSSR count). The summed E-state index contributed by atoms with van der Waals surface area (Å²) < 4.78 is 5.49. The van der Waals surface area contributed by atoms with Crippen LogP contribution in [0.5, 0.6) is 0 Å². The molecule has 3 atom stereocenters. The van der Waals surface area contributed by atoms with Crippen molar-refractivity contribution in [3.63, 3.8) is 0 Å². The van der Waals surface area contributed by atoms with Crippen LogP contribution in [0.25, 0.3) is 0 Å². The van der Waals surface area contributed by atoms with Gasteiger partial charge >= 0.3 is 0 Å². The fourth-order valence-corrected chi connectivity index (χ4v) is 3.72. The van der Waals surface area contributed by atoms with Crippen molar-refractivity contribution in [1.29, 1.82) is 0 Å². The molecular formula is C19H28ClN3O3. The van der Waals surface area contributed by atoms with Crippen LogP contribution in [0.4, 0.5) is 5.69 Å². The van der Waals surface area contributed by atoms with Crippen molar-refractivity contribution < 1.29 is 14.3 Å². The van der Waals surface area contributed by atoms with Gasteiger partial charge in [-0.05, 0) is 30.4 Å². The van der Waals surface area contributed by atoms with E-state index in [0.29, 0.717) is 36.2 Å². The number of amides is 2. The van der Waals surface area contributed by atoms with Crippen molar-refractivity contribution >= 4 is 29.9 Å². The van der Waals surface area contributed by atoms with E-state index in [9.17, 15) is 9.59 Å². The molecule has 2 aliphatic rings. The summed E-state index contributed by atoms with van der Waals surface area (Å²) in [5.41, 5.74) is 1.10. The van der Waals surface area contributed by atoms with Gasteiger partial charge in [-0.25, -0.2) is 0 Å². The summed E-state index contributed by atoms with van der Waals surface area (Å²) in [5.74, 6) is 0.761. The Bertz CT molecular complexity index is 624. The van der Waals surface area contributed by atoms with Crippen LogP contribution in [0.3, 0.4) is 0 Å². The third-order valence-corrected chi connectivity index (χ3v) is 4.79. The van der Waals surface area contributed by atoms with Gasteiger partial charge in [0.25, 0.3) is 11.8 Å². The highest BCUT2D eigenvalue weighted by atomic mass is 35.5. The third-order valence-electron chi connectivity index (χ3n) is 4.79. The fraction of sp³-hybridized carbons (Fsp3) is 0.579. The lowest BCUT2D eigenvalue weighted by molar-refractivity contribution is -0.128. The van der Waals surface area contributed by atoms with E-state index < -0.39 is 6.10 Å². The predicted molar refractivity (Wildman–Crippen MR) is 104 cm³/mol. The zero-order chi connectivity index (χ0) is 17.8. The molecule has 1 aromatic carbocycles. The number of anilines is 1. The maximum absolute atomic E-state index is 13.0. The molecule has 0 saturated carbocycles. The Balaban J connectivity index is 0.00000243. The first-order valence-corrected chi connectivity index (χ1v) is 9.06. The topological polar surface area (TPSA) is 70.7 Å². The van der Waals surface area contributed by atoms with Gasteiger partial charge in [-0.3, -0.25) is 9.59 Å². The molecule has 2 aliphatic heterocycles. The first-order chi connectivity index (χ1) is 12.0. The van der Waals surface area contributed by atoms with E-state index in [0.717, 1.165) is 26.1 Å². The summed E-state index contributed by atoms with van der Waals surface area (Å²) in [4.78, 5) is 27.3. The van der Waals surface area contributed by atoms with Crippen LogP contribution >= 0.6 is 12.4 Å². The smallest absolute Gasteiger partial charge is 0.255 e. The lowest BCUT2D eigenvalue weighted by Gasteiger charge is -2.35. The molecule has 2 N–H and O–H groups in total. The van der Waals surface area contributed by atoms with Gasteiger partial charge in [0.2, 0.25) is 0 Å². The number of carbonyl (C=O) groups is 2. The summed E-state index contributed by atoms with van der Waals surface area (Å²) in [6, 6.07) is 7.21. The Kier molecular flexibility index (Phi) is 7.43. The van der Waals surface area contributed by atoms with E-state index in [1.54, 1.807) is 12.1 Å². The first-order valence-electron chi connectivity index (χ1n) is 9.06. The van der Waals surface area contributed by atoms with Gasteiger partial charge in [0.1, 0.15) is 6.10 Å². The van der Waals surface area contributed by atoms with Crippen LogP contribution in [0.2, 0.25) is 0 Å². The molecule has 26 heavy (non-hydrogen) atoms. The summed E-state index contributed by atoms with van der Waals surface area (Å²) in [5, 5.41) is 6.01. The fourth-order valence-electron chi connectivity index (χ4n) is 3.72. The van der Waals surface area contributed by atoms with Crippen molar-refractivity contribution in [2.75, 3.05) is 38.1 Å². The van der Waals surface area contributed by atoms with E-state index in [-0.39, 0.29) is 24.2 Å². The van der Waals surface area contributed by atoms with Crippen LogP contribution in [0, 0.1) is 11.8 Å². The van der Waals surface area contributed by atoms with Crippen LogP contribution in [-0.4, -0.2) is 55.6 Å². The number of hydrogen-bond acceptors (Lipinski definition) is 4. The quantitative estimate of drug-likeness (QED) is 0.841. The average molecular weight is 382 g/mol. The molecule has 0 aliphatic carbocycles. The van der Waals surface area contributed by atoms with Gasteiger partial charge in [-0.1, -0.05) is 26.0 Å². The van der Waals surface area contributed by atoms with E-state index in [1.165, 1.54) is 0 Å². The average Bonchev–Trinajstić information content (AvgIpc) is 2.61. The predicted octanol–water partition coefficient (Wildman–Crippen LogP) is 2.15. The number of para-hydroxylation sites is 1. The summed E-state index contributed by atoms with van der Waals surface area (Å²) in [6.45, 7) is 7.64. The summed E-state index contributed by atoms with van der Waals surface area (Å²) >= 11 is 0. The number of likely N-dealkylation sites (tertiary alicyclic amines) is 1. The molecule has 2 heterocycles. The van der Waals surface area contributed by atoms with Crippen molar-refractivity contribution in [2.45, 2.75) is 26.4 Å². The number of nitrogens with zero attached hydrogens (tertiary/aromatic N) is 1. The Morgan fingerprint density at radius 1 is 1.19 bits per heavy atom. The Labute approximate surface area is 161 Å². The maximum atomic E-state index is 13.0. The Morgan fingerprint density at radius 3 is 2.54 bits per heavy atom. The molecular weight excluding hydrogens is 354 g/mol. The molecule has 0 radical (unpaired) electrons. The zero-order valence-corrected chi connectivity index (χ0v) is 16.2. The maximum Gasteiger partial charge on any atom is 0.255 e. The number of halogens is 1. The molecule has 0 spiro atoms. The number of rotatable bonds is 3. The Morgan fingerprint density at radius 2 is 1.88 bits per heavy atom. The normalized spacial score (nSPS) is 25.9. The minimum Gasteiger partial charge on any atom is -0.366 e. The number of carbonyl (C=O) groups excluding carboxylic acids is 2. The molecule has 144 valence electrons. The van der Waals surface area contributed by atoms with E-state index >= 15 is 0 Å². The number of nitrogens with one attached hydrogen (secondary N) is 2. The van der Waals surface area contributed by atoms with Gasteiger partial charge in [0, 0.05) is 26.2 Å². The van der Waals surface area contributed by atoms with E-state index in [2.05, 4.69) is 24.5 Å². The molecule has 2 amide bonds. The molecule has 2 saturated heterocycles. The minimum absolute atomic E-state index is 0. The SMILES string of the molecule is CC1CC(C)CN(C(=O)c2ccccc2NC(=O)C2CNCCO2)C1.Cl. The lowest BCUT2D eigenvalue weighted by Crippen LogP contribution is -2.46. The van der Waals surface area contributed by atoms with Gasteiger partial charge < -0.3 is 20.3 Å². The van der Waals surface area contributed by atoms with Gasteiger partial charge in [0.15, 0.2) is 0 Å². The largest absolute Gasteiger partial charge is 0.366 e. The monoisotopic (exact) mass is 381 g/mol.